The third kappa shape index (κ3) is 2.00. The van der Waals surface area contributed by atoms with Gasteiger partial charge in [0.25, 0.3) is 0 Å². The van der Waals surface area contributed by atoms with Crippen LogP contribution in [0.2, 0.25) is 0 Å². The molecule has 1 fully saturated rings. The van der Waals surface area contributed by atoms with E-state index in [1.54, 1.807) is 11.3 Å². The molecular formula is C11H17NOS. The van der Waals surface area contributed by atoms with Gasteiger partial charge in [0.1, 0.15) is 0 Å². The lowest BCUT2D eigenvalue weighted by molar-refractivity contribution is 0.0244. The molecule has 0 bridgehead atoms. The summed E-state index contributed by atoms with van der Waals surface area (Å²) in [7, 11) is 0. The summed E-state index contributed by atoms with van der Waals surface area (Å²) in [5.74, 6) is 0. The highest BCUT2D eigenvalue weighted by molar-refractivity contribution is 7.10. The average molecular weight is 211 g/mol. The van der Waals surface area contributed by atoms with Crippen molar-refractivity contribution >= 4 is 11.3 Å². The summed E-state index contributed by atoms with van der Waals surface area (Å²) >= 11 is 1.72. The van der Waals surface area contributed by atoms with Crippen molar-refractivity contribution in [3.05, 3.63) is 21.9 Å². The monoisotopic (exact) mass is 211 g/mol. The van der Waals surface area contributed by atoms with Crippen LogP contribution in [0, 0.1) is 6.92 Å². The molecule has 3 heteroatoms. The Balaban J connectivity index is 2.20. The van der Waals surface area contributed by atoms with E-state index in [4.69, 9.17) is 0 Å². The second-order valence-electron chi connectivity index (χ2n) is 4.08. The Morgan fingerprint density at radius 3 is 3.00 bits per heavy atom. The van der Waals surface area contributed by atoms with Gasteiger partial charge in [-0.3, -0.25) is 0 Å². The van der Waals surface area contributed by atoms with E-state index in [1.165, 1.54) is 4.88 Å². The van der Waals surface area contributed by atoms with E-state index < -0.39 is 5.60 Å². The maximum Gasteiger partial charge on any atom is 0.0917 e. The van der Waals surface area contributed by atoms with Crippen molar-refractivity contribution in [2.24, 2.45) is 0 Å². The molecule has 1 saturated heterocycles. The van der Waals surface area contributed by atoms with Gasteiger partial charge < -0.3 is 10.4 Å². The van der Waals surface area contributed by atoms with Crippen LogP contribution in [0.15, 0.2) is 11.4 Å². The van der Waals surface area contributed by atoms with Crippen molar-refractivity contribution in [1.29, 1.82) is 0 Å². The SMILES string of the molecule is Cc1cc(C2(O)CCCNCC2)cs1. The molecule has 78 valence electrons. The first-order valence-corrected chi connectivity index (χ1v) is 6.07. The van der Waals surface area contributed by atoms with Crippen LogP contribution in [0.25, 0.3) is 0 Å². The molecule has 1 aromatic heterocycles. The molecule has 1 atom stereocenters. The summed E-state index contributed by atoms with van der Waals surface area (Å²) in [6.45, 7) is 4.04. The van der Waals surface area contributed by atoms with Gasteiger partial charge in [-0.15, -0.1) is 11.3 Å². The Kier molecular flexibility index (Phi) is 2.91. The van der Waals surface area contributed by atoms with Gasteiger partial charge in [0, 0.05) is 4.88 Å². The van der Waals surface area contributed by atoms with E-state index in [0.29, 0.717) is 0 Å². The largest absolute Gasteiger partial charge is 0.385 e. The van der Waals surface area contributed by atoms with Crippen LogP contribution in [0.5, 0.6) is 0 Å². The molecule has 0 amide bonds. The minimum absolute atomic E-state index is 0.575. The van der Waals surface area contributed by atoms with Gasteiger partial charge in [-0.2, -0.15) is 0 Å². The number of hydrogen-bond acceptors (Lipinski definition) is 3. The molecule has 1 aliphatic rings. The first kappa shape index (κ1) is 10.1. The number of nitrogens with one attached hydrogen (secondary N) is 1. The van der Waals surface area contributed by atoms with Crippen molar-refractivity contribution in [3.63, 3.8) is 0 Å². The Bertz CT molecular complexity index is 300. The fourth-order valence-electron chi connectivity index (χ4n) is 2.03. The van der Waals surface area contributed by atoms with E-state index >= 15 is 0 Å². The van der Waals surface area contributed by atoms with E-state index in [2.05, 4.69) is 23.7 Å². The number of aliphatic hydroxyl groups is 1. The Morgan fingerprint density at radius 2 is 2.29 bits per heavy atom. The molecule has 1 unspecified atom stereocenters. The lowest BCUT2D eigenvalue weighted by Crippen LogP contribution is -2.26. The zero-order chi connectivity index (χ0) is 10.0. The first-order chi connectivity index (χ1) is 6.71. The molecule has 0 saturated carbocycles. The molecule has 2 nitrogen and oxygen atoms in total. The molecule has 0 aromatic carbocycles. The van der Waals surface area contributed by atoms with Crippen LogP contribution < -0.4 is 5.32 Å². The zero-order valence-electron chi connectivity index (χ0n) is 8.55. The second-order valence-corrected chi connectivity index (χ2v) is 5.20. The summed E-state index contributed by atoms with van der Waals surface area (Å²) in [4.78, 5) is 1.28. The van der Waals surface area contributed by atoms with Crippen molar-refractivity contribution in [3.8, 4) is 0 Å². The molecule has 14 heavy (non-hydrogen) atoms. The van der Waals surface area contributed by atoms with Crippen molar-refractivity contribution in [2.75, 3.05) is 13.1 Å². The van der Waals surface area contributed by atoms with E-state index in [0.717, 1.165) is 37.9 Å². The number of aryl methyl sites for hydroxylation is 1. The zero-order valence-corrected chi connectivity index (χ0v) is 9.36. The standard InChI is InChI=1S/C11H17NOS/c1-9-7-10(8-14-9)11(13)3-2-5-12-6-4-11/h7-8,12-13H,2-6H2,1H3. The fourth-order valence-corrected chi connectivity index (χ4v) is 2.82. The van der Waals surface area contributed by atoms with Crippen LogP contribution in [0.3, 0.4) is 0 Å². The predicted octanol–water partition coefficient (Wildman–Crippen LogP) is 2.02. The first-order valence-electron chi connectivity index (χ1n) is 5.19. The molecule has 0 radical (unpaired) electrons. The smallest absolute Gasteiger partial charge is 0.0917 e. The number of rotatable bonds is 1. The van der Waals surface area contributed by atoms with Gasteiger partial charge in [0.15, 0.2) is 0 Å². The van der Waals surface area contributed by atoms with Crippen LogP contribution in [0.4, 0.5) is 0 Å². The number of hydrogen-bond donors (Lipinski definition) is 2. The maximum absolute atomic E-state index is 10.5. The third-order valence-corrected chi connectivity index (χ3v) is 3.79. The topological polar surface area (TPSA) is 32.3 Å². The van der Waals surface area contributed by atoms with E-state index in [9.17, 15) is 5.11 Å². The Hall–Kier alpha value is -0.380. The highest BCUT2D eigenvalue weighted by atomic mass is 32.1. The van der Waals surface area contributed by atoms with Crippen molar-refractivity contribution in [1.82, 2.24) is 5.32 Å². The molecular weight excluding hydrogens is 194 g/mol. The Morgan fingerprint density at radius 1 is 1.43 bits per heavy atom. The van der Waals surface area contributed by atoms with E-state index in [1.807, 2.05) is 0 Å². The molecule has 2 N–H and O–H groups in total. The van der Waals surface area contributed by atoms with E-state index in [-0.39, 0.29) is 0 Å². The average Bonchev–Trinajstić information content (AvgIpc) is 2.47. The minimum Gasteiger partial charge on any atom is -0.385 e. The highest BCUT2D eigenvalue weighted by Gasteiger charge is 2.30. The summed E-state index contributed by atoms with van der Waals surface area (Å²) in [5.41, 5.74) is 0.539. The molecule has 2 heterocycles. The summed E-state index contributed by atoms with van der Waals surface area (Å²) < 4.78 is 0. The molecule has 2 rings (SSSR count). The molecule has 1 aliphatic heterocycles. The van der Waals surface area contributed by atoms with Gasteiger partial charge in [-0.05, 0) is 56.3 Å². The summed E-state index contributed by atoms with van der Waals surface area (Å²) in [6, 6.07) is 2.12. The normalized spacial score (nSPS) is 28.7. The quantitative estimate of drug-likeness (QED) is 0.745. The highest BCUT2D eigenvalue weighted by Crippen LogP contribution is 2.33. The minimum atomic E-state index is -0.575. The summed E-state index contributed by atoms with van der Waals surface area (Å²) in [6.07, 6.45) is 2.78. The lowest BCUT2D eigenvalue weighted by Gasteiger charge is -2.25. The van der Waals surface area contributed by atoms with Gasteiger partial charge in [-0.25, -0.2) is 0 Å². The van der Waals surface area contributed by atoms with Crippen LogP contribution in [-0.2, 0) is 5.60 Å². The molecule has 0 aliphatic carbocycles. The van der Waals surface area contributed by atoms with Gasteiger partial charge >= 0.3 is 0 Å². The lowest BCUT2D eigenvalue weighted by atomic mass is 9.88. The van der Waals surface area contributed by atoms with Crippen LogP contribution >= 0.6 is 11.3 Å². The van der Waals surface area contributed by atoms with Gasteiger partial charge in [-0.1, -0.05) is 0 Å². The summed E-state index contributed by atoms with van der Waals surface area (Å²) in [5, 5.41) is 15.9. The van der Waals surface area contributed by atoms with Crippen molar-refractivity contribution in [2.45, 2.75) is 31.8 Å². The van der Waals surface area contributed by atoms with Crippen molar-refractivity contribution < 1.29 is 5.11 Å². The predicted molar refractivity (Wildman–Crippen MR) is 59.7 cm³/mol. The Labute approximate surface area is 89.0 Å². The fraction of sp³-hybridized carbons (Fsp3) is 0.636. The number of thiophene rings is 1. The maximum atomic E-state index is 10.5. The van der Waals surface area contributed by atoms with Gasteiger partial charge in [0.2, 0.25) is 0 Å². The molecule has 0 spiro atoms. The second kappa shape index (κ2) is 4.01. The van der Waals surface area contributed by atoms with Gasteiger partial charge in [0.05, 0.1) is 5.60 Å². The molecule has 1 aromatic rings. The third-order valence-electron chi connectivity index (χ3n) is 2.93. The van der Waals surface area contributed by atoms with Crippen LogP contribution in [-0.4, -0.2) is 18.2 Å². The van der Waals surface area contributed by atoms with Crippen LogP contribution in [0.1, 0.15) is 29.7 Å².